The normalized spacial score (nSPS) is 12.1. The van der Waals surface area contributed by atoms with Gasteiger partial charge in [0.25, 0.3) is 0 Å². The molecule has 0 aliphatic rings. The molecule has 2 heterocycles. The minimum absolute atomic E-state index is 0.169. The van der Waals surface area contributed by atoms with Gasteiger partial charge in [-0.2, -0.15) is 0 Å². The van der Waals surface area contributed by atoms with E-state index in [0.29, 0.717) is 11.2 Å². The van der Waals surface area contributed by atoms with Crippen LogP contribution in [0.2, 0.25) is 0 Å². The van der Waals surface area contributed by atoms with E-state index in [-0.39, 0.29) is 9.79 Å². The topological polar surface area (TPSA) is 52.2 Å². The summed E-state index contributed by atoms with van der Waals surface area (Å²) in [5.74, 6) is 0. The number of hydrogen-bond acceptors (Lipinski definition) is 3. The van der Waals surface area contributed by atoms with Gasteiger partial charge in [-0.05, 0) is 48.0 Å². The van der Waals surface area contributed by atoms with Crippen molar-refractivity contribution in [1.82, 2.24) is 4.57 Å². The third kappa shape index (κ3) is 3.56. The lowest BCUT2D eigenvalue weighted by Crippen LogP contribution is -2.01. The van der Waals surface area contributed by atoms with E-state index in [1.165, 1.54) is 10.8 Å². The summed E-state index contributed by atoms with van der Waals surface area (Å²) in [6.07, 6.45) is 0. The van der Waals surface area contributed by atoms with Crippen LogP contribution < -0.4 is 0 Å². The second kappa shape index (κ2) is 8.95. The number of furan rings is 1. The number of rotatable bonds is 4. The van der Waals surface area contributed by atoms with E-state index in [9.17, 15) is 8.42 Å². The van der Waals surface area contributed by atoms with Crippen LogP contribution in [0.4, 0.5) is 0 Å². The Morgan fingerprint density at radius 2 is 1.10 bits per heavy atom. The Hall–Kier alpha value is -5.13. The first kappa shape index (κ1) is 23.7. The van der Waals surface area contributed by atoms with Gasteiger partial charge in [-0.25, -0.2) is 8.42 Å². The van der Waals surface area contributed by atoms with Gasteiger partial charge in [-0.3, -0.25) is 0 Å². The highest BCUT2D eigenvalue weighted by Gasteiger charge is 2.24. The van der Waals surface area contributed by atoms with Crippen LogP contribution in [0.25, 0.3) is 60.6 Å². The van der Waals surface area contributed by atoms with Crippen molar-refractivity contribution in [2.45, 2.75) is 9.79 Å². The predicted molar refractivity (Wildman–Crippen MR) is 165 cm³/mol. The largest absolute Gasteiger partial charge is 0.454 e. The van der Waals surface area contributed by atoms with Crippen molar-refractivity contribution in [2.75, 3.05) is 0 Å². The molecule has 196 valence electrons. The van der Waals surface area contributed by atoms with E-state index in [0.717, 1.165) is 38.6 Å². The Morgan fingerprint density at radius 1 is 0.512 bits per heavy atom. The maximum atomic E-state index is 13.6. The lowest BCUT2D eigenvalue weighted by atomic mass is 10.0. The van der Waals surface area contributed by atoms with Crippen molar-refractivity contribution < 1.29 is 12.8 Å². The van der Waals surface area contributed by atoms with Gasteiger partial charge in [0.05, 0.1) is 15.9 Å². The zero-order valence-electron chi connectivity index (χ0n) is 21.9. The second-order valence-corrected chi connectivity index (χ2v) is 12.1. The van der Waals surface area contributed by atoms with Crippen LogP contribution in [0, 0.1) is 0 Å². The van der Waals surface area contributed by atoms with Gasteiger partial charge in [0.15, 0.2) is 5.58 Å². The van der Waals surface area contributed by atoms with Gasteiger partial charge in [-0.1, -0.05) is 97.1 Å². The summed E-state index contributed by atoms with van der Waals surface area (Å²) in [6.45, 7) is 0. The second-order valence-electron chi connectivity index (χ2n) is 10.2. The average Bonchev–Trinajstić information content (AvgIpc) is 3.57. The number of fused-ring (bicyclic) bond motifs is 6. The number of sulfone groups is 1. The molecule has 0 radical (unpaired) electrons. The smallest absolute Gasteiger partial charge is 0.210 e. The minimum atomic E-state index is -3.77. The zero-order valence-corrected chi connectivity index (χ0v) is 22.7. The van der Waals surface area contributed by atoms with Crippen LogP contribution in [-0.4, -0.2) is 13.0 Å². The molecule has 0 spiro atoms. The summed E-state index contributed by atoms with van der Waals surface area (Å²) in [5, 5.41) is 4.07. The van der Waals surface area contributed by atoms with E-state index < -0.39 is 9.84 Å². The lowest BCUT2D eigenvalue weighted by molar-refractivity contribution is 0.592. The van der Waals surface area contributed by atoms with Crippen LogP contribution in [0.1, 0.15) is 0 Å². The van der Waals surface area contributed by atoms with Gasteiger partial charge in [0.1, 0.15) is 10.5 Å². The summed E-state index contributed by atoms with van der Waals surface area (Å²) >= 11 is 0. The van der Waals surface area contributed by atoms with Crippen LogP contribution >= 0.6 is 0 Å². The molecule has 0 unspecified atom stereocenters. The van der Waals surface area contributed by atoms with Crippen LogP contribution in [0.3, 0.4) is 0 Å². The Labute approximate surface area is 236 Å². The first-order valence-electron chi connectivity index (χ1n) is 13.4. The molecule has 0 bridgehead atoms. The number of hydrogen-bond donors (Lipinski definition) is 0. The number of aromatic nitrogens is 1. The van der Waals surface area contributed by atoms with Gasteiger partial charge >= 0.3 is 0 Å². The Kier molecular flexibility index (Phi) is 5.18. The quantitative estimate of drug-likeness (QED) is 0.220. The van der Waals surface area contributed by atoms with Gasteiger partial charge in [-0.15, -0.1) is 0 Å². The van der Waals surface area contributed by atoms with Crippen molar-refractivity contribution in [3.05, 3.63) is 140 Å². The maximum Gasteiger partial charge on any atom is 0.210 e. The molecule has 0 atom stereocenters. The molecular formula is C36H23NO3S. The highest BCUT2D eigenvalue weighted by Crippen LogP contribution is 2.40. The van der Waals surface area contributed by atoms with Gasteiger partial charge in [0.2, 0.25) is 9.84 Å². The molecule has 0 saturated carbocycles. The molecule has 8 rings (SSSR count). The standard InChI is InChI=1S/C36H23NO3S/c38-41(39,26-13-2-1-3-14-26)34-22-10-19-31-30-18-9-17-27(35(30)40-36(31)34)24-11-8-12-25(23-24)37-32-20-6-4-15-28(32)29-16-5-7-21-33(29)37/h1-23H. The molecule has 0 saturated heterocycles. The molecular weight excluding hydrogens is 526 g/mol. The summed E-state index contributed by atoms with van der Waals surface area (Å²) in [5.41, 5.74) is 6.26. The van der Waals surface area contributed by atoms with E-state index in [1.54, 1.807) is 42.5 Å². The summed E-state index contributed by atoms with van der Waals surface area (Å²) in [6, 6.07) is 45.1. The first-order valence-corrected chi connectivity index (χ1v) is 14.9. The molecule has 0 aliphatic carbocycles. The number of nitrogens with zero attached hydrogens (tertiary/aromatic N) is 1. The molecule has 0 N–H and O–H groups in total. The maximum absolute atomic E-state index is 13.6. The third-order valence-corrected chi connectivity index (χ3v) is 9.62. The highest BCUT2D eigenvalue weighted by molar-refractivity contribution is 7.91. The summed E-state index contributed by atoms with van der Waals surface area (Å²) in [4.78, 5) is 0.412. The number of para-hydroxylation sites is 4. The van der Waals surface area contributed by atoms with Crippen molar-refractivity contribution >= 4 is 53.6 Å². The van der Waals surface area contributed by atoms with Crippen molar-refractivity contribution in [2.24, 2.45) is 0 Å². The molecule has 6 aromatic carbocycles. The molecule has 0 aliphatic heterocycles. The van der Waals surface area contributed by atoms with Crippen LogP contribution in [0.5, 0.6) is 0 Å². The van der Waals surface area contributed by atoms with Crippen molar-refractivity contribution in [1.29, 1.82) is 0 Å². The SMILES string of the molecule is O=S(=O)(c1ccccc1)c1cccc2c1oc1c(-c3cccc(-n4c5ccccc5c5ccccc54)c3)cccc12. The third-order valence-electron chi connectivity index (χ3n) is 7.83. The van der Waals surface area contributed by atoms with Crippen molar-refractivity contribution in [3.8, 4) is 16.8 Å². The average molecular weight is 550 g/mol. The monoisotopic (exact) mass is 549 g/mol. The zero-order chi connectivity index (χ0) is 27.6. The fraction of sp³-hybridized carbons (Fsp3) is 0. The van der Waals surface area contributed by atoms with E-state index >= 15 is 0 Å². The fourth-order valence-electron chi connectivity index (χ4n) is 5.97. The summed E-state index contributed by atoms with van der Waals surface area (Å²) in [7, 11) is -3.77. The van der Waals surface area contributed by atoms with E-state index in [1.807, 2.05) is 24.3 Å². The van der Waals surface area contributed by atoms with Gasteiger partial charge in [0, 0.05) is 32.8 Å². The number of benzene rings is 6. The molecule has 0 amide bonds. The Morgan fingerprint density at radius 3 is 1.83 bits per heavy atom. The Balaban J connectivity index is 1.35. The molecule has 4 nitrogen and oxygen atoms in total. The molecule has 0 fully saturated rings. The minimum Gasteiger partial charge on any atom is -0.454 e. The highest BCUT2D eigenvalue weighted by atomic mass is 32.2. The predicted octanol–water partition coefficient (Wildman–Crippen LogP) is 9.18. The first-order chi connectivity index (χ1) is 20.1. The lowest BCUT2D eigenvalue weighted by Gasteiger charge is -2.10. The molecule has 41 heavy (non-hydrogen) atoms. The molecule has 8 aromatic rings. The van der Waals surface area contributed by atoms with E-state index in [4.69, 9.17) is 4.42 Å². The van der Waals surface area contributed by atoms with Crippen LogP contribution in [0.15, 0.2) is 154 Å². The van der Waals surface area contributed by atoms with Crippen molar-refractivity contribution in [3.63, 3.8) is 0 Å². The summed E-state index contributed by atoms with van der Waals surface area (Å²) < 4.78 is 36.0. The molecule has 5 heteroatoms. The van der Waals surface area contributed by atoms with Gasteiger partial charge < -0.3 is 8.98 Å². The molecule has 2 aromatic heterocycles. The fourth-order valence-corrected chi connectivity index (χ4v) is 7.40. The van der Waals surface area contributed by atoms with E-state index in [2.05, 4.69) is 77.4 Å². The Bertz CT molecular complexity index is 2330. The van der Waals surface area contributed by atoms with Crippen LogP contribution in [-0.2, 0) is 9.84 Å².